The summed E-state index contributed by atoms with van der Waals surface area (Å²) >= 11 is 0. The molecule has 2 aliphatic rings. The molecule has 0 unspecified atom stereocenters. The Hall–Kier alpha value is -0.120. The third-order valence-electron chi connectivity index (χ3n) is 2.90. The molecule has 13 heavy (non-hydrogen) atoms. The largest absolute Gasteiger partial charge is 0.346 e. The van der Waals surface area contributed by atoms with E-state index in [-0.39, 0.29) is 12.4 Å². The van der Waals surface area contributed by atoms with Crippen LogP contribution in [0.15, 0.2) is 0 Å². The van der Waals surface area contributed by atoms with Crippen LogP contribution in [0.1, 0.15) is 34.1 Å². The number of fused-ring (bicyclic) bond motifs is 1. The second-order valence-electron chi connectivity index (χ2n) is 4.41. The highest BCUT2D eigenvalue weighted by Crippen LogP contribution is 2.41. The molecule has 0 aliphatic carbocycles. The molecule has 2 heterocycles. The van der Waals surface area contributed by atoms with Crippen LogP contribution in [0.4, 0.5) is 0 Å². The molecule has 0 aromatic rings. The Balaban J connectivity index is 2.07. The van der Waals surface area contributed by atoms with Gasteiger partial charge in [0.15, 0.2) is 12.1 Å². The van der Waals surface area contributed by atoms with Gasteiger partial charge in [0.2, 0.25) is 0 Å². The van der Waals surface area contributed by atoms with Gasteiger partial charge in [-0.15, -0.1) is 0 Å². The van der Waals surface area contributed by atoms with Crippen molar-refractivity contribution in [3.8, 4) is 0 Å². The van der Waals surface area contributed by atoms with Gasteiger partial charge in [-0.3, -0.25) is 0 Å². The maximum absolute atomic E-state index is 5.77. The Morgan fingerprint density at radius 2 is 1.92 bits per heavy atom. The van der Waals surface area contributed by atoms with Gasteiger partial charge >= 0.3 is 0 Å². The molecule has 2 fully saturated rings. The van der Waals surface area contributed by atoms with Gasteiger partial charge in [0.25, 0.3) is 0 Å². The molecular formula is C10H18O3. The summed E-state index contributed by atoms with van der Waals surface area (Å²) in [7, 11) is 0. The first-order valence-electron chi connectivity index (χ1n) is 5.04. The van der Waals surface area contributed by atoms with Gasteiger partial charge in [-0.05, 0) is 20.3 Å². The Morgan fingerprint density at radius 3 is 2.46 bits per heavy atom. The van der Waals surface area contributed by atoms with Crippen molar-refractivity contribution in [3.63, 3.8) is 0 Å². The average Bonchev–Trinajstić information content (AvgIpc) is 2.47. The van der Waals surface area contributed by atoms with E-state index in [1.165, 1.54) is 0 Å². The zero-order valence-electron chi connectivity index (χ0n) is 8.74. The topological polar surface area (TPSA) is 27.7 Å². The Morgan fingerprint density at radius 1 is 1.23 bits per heavy atom. The van der Waals surface area contributed by atoms with Gasteiger partial charge in [-0.1, -0.05) is 13.8 Å². The molecule has 3 heteroatoms. The van der Waals surface area contributed by atoms with Crippen molar-refractivity contribution < 1.29 is 14.2 Å². The molecule has 0 aromatic carbocycles. The Bertz CT molecular complexity index is 202. The fourth-order valence-corrected chi connectivity index (χ4v) is 2.19. The van der Waals surface area contributed by atoms with Gasteiger partial charge in [-0.25, -0.2) is 0 Å². The predicted octanol–water partition coefficient (Wildman–Crippen LogP) is 1.91. The van der Waals surface area contributed by atoms with E-state index >= 15 is 0 Å². The number of ether oxygens (including phenoxy) is 3. The van der Waals surface area contributed by atoms with Crippen LogP contribution in [0.3, 0.4) is 0 Å². The van der Waals surface area contributed by atoms with E-state index in [0.717, 1.165) is 6.42 Å². The van der Waals surface area contributed by atoms with Crippen molar-refractivity contribution in [2.75, 3.05) is 0 Å². The third kappa shape index (κ3) is 1.49. The molecule has 3 nitrogen and oxygen atoms in total. The van der Waals surface area contributed by atoms with Crippen LogP contribution < -0.4 is 0 Å². The lowest BCUT2D eigenvalue weighted by atomic mass is 9.99. The first-order chi connectivity index (χ1) is 6.03. The molecule has 0 N–H and O–H groups in total. The summed E-state index contributed by atoms with van der Waals surface area (Å²) in [6.45, 7) is 8.17. The van der Waals surface area contributed by atoms with E-state index in [1.54, 1.807) is 0 Å². The standard InChI is InChI=1S/C10H18O3/c1-5-7-6(2)8-9(11-7)13-10(3,4)12-8/h6-9H,5H2,1-4H3/t6-,7+,8-,9+/m0/s1. The van der Waals surface area contributed by atoms with Gasteiger partial charge < -0.3 is 14.2 Å². The second-order valence-corrected chi connectivity index (χ2v) is 4.41. The van der Waals surface area contributed by atoms with Crippen molar-refractivity contribution in [2.45, 2.75) is 58.4 Å². The fourth-order valence-electron chi connectivity index (χ4n) is 2.19. The summed E-state index contributed by atoms with van der Waals surface area (Å²) in [6, 6.07) is 0. The lowest BCUT2D eigenvalue weighted by molar-refractivity contribution is -0.209. The van der Waals surface area contributed by atoms with Crippen molar-refractivity contribution in [2.24, 2.45) is 5.92 Å². The lowest BCUT2D eigenvalue weighted by Gasteiger charge is -2.22. The number of hydrogen-bond donors (Lipinski definition) is 0. The maximum atomic E-state index is 5.77. The van der Waals surface area contributed by atoms with Crippen molar-refractivity contribution >= 4 is 0 Å². The molecule has 0 aromatic heterocycles. The van der Waals surface area contributed by atoms with Crippen LogP contribution in [0.2, 0.25) is 0 Å². The summed E-state index contributed by atoms with van der Waals surface area (Å²) in [6.07, 6.45) is 1.31. The van der Waals surface area contributed by atoms with Crippen LogP contribution in [0.5, 0.6) is 0 Å². The summed E-state index contributed by atoms with van der Waals surface area (Å²) in [5.74, 6) is -0.0285. The van der Waals surface area contributed by atoms with E-state index in [2.05, 4.69) is 13.8 Å². The van der Waals surface area contributed by atoms with E-state index in [4.69, 9.17) is 14.2 Å². The van der Waals surface area contributed by atoms with Crippen LogP contribution in [0.25, 0.3) is 0 Å². The molecular weight excluding hydrogens is 168 g/mol. The predicted molar refractivity (Wildman–Crippen MR) is 48.2 cm³/mol. The molecule has 4 atom stereocenters. The third-order valence-corrected chi connectivity index (χ3v) is 2.90. The molecule has 0 bridgehead atoms. The second kappa shape index (κ2) is 2.94. The summed E-state index contributed by atoms with van der Waals surface area (Å²) in [4.78, 5) is 0. The maximum Gasteiger partial charge on any atom is 0.187 e. The SMILES string of the molecule is CC[C@H]1O[C@@H]2OC(C)(C)O[C@H]2[C@H]1C. The van der Waals surface area contributed by atoms with E-state index in [1.807, 2.05) is 13.8 Å². The van der Waals surface area contributed by atoms with Gasteiger partial charge in [-0.2, -0.15) is 0 Å². The minimum atomic E-state index is -0.470. The Kier molecular flexibility index (Phi) is 2.13. The molecule has 0 spiro atoms. The average molecular weight is 186 g/mol. The van der Waals surface area contributed by atoms with E-state index in [9.17, 15) is 0 Å². The van der Waals surface area contributed by atoms with Gasteiger partial charge in [0.1, 0.15) is 6.10 Å². The molecule has 0 saturated carbocycles. The van der Waals surface area contributed by atoms with Crippen molar-refractivity contribution in [1.29, 1.82) is 0 Å². The quantitative estimate of drug-likeness (QED) is 0.626. The summed E-state index contributed by atoms with van der Waals surface area (Å²) < 4.78 is 17.1. The fraction of sp³-hybridized carbons (Fsp3) is 1.00. The minimum Gasteiger partial charge on any atom is -0.346 e. The molecule has 2 aliphatic heterocycles. The van der Waals surface area contributed by atoms with Crippen molar-refractivity contribution in [3.05, 3.63) is 0 Å². The molecule has 2 rings (SSSR count). The molecule has 2 saturated heterocycles. The highest BCUT2D eigenvalue weighted by molar-refractivity contribution is 4.89. The molecule has 76 valence electrons. The number of rotatable bonds is 1. The number of hydrogen-bond acceptors (Lipinski definition) is 3. The van der Waals surface area contributed by atoms with Crippen molar-refractivity contribution in [1.82, 2.24) is 0 Å². The van der Waals surface area contributed by atoms with E-state index in [0.29, 0.717) is 12.0 Å². The first-order valence-corrected chi connectivity index (χ1v) is 5.04. The zero-order valence-corrected chi connectivity index (χ0v) is 8.74. The van der Waals surface area contributed by atoms with Crippen LogP contribution in [-0.2, 0) is 14.2 Å². The Labute approximate surface area is 79.4 Å². The van der Waals surface area contributed by atoms with Gasteiger partial charge in [0.05, 0.1) is 6.10 Å². The normalized spacial score (nSPS) is 48.0. The first kappa shape index (κ1) is 9.44. The van der Waals surface area contributed by atoms with E-state index < -0.39 is 5.79 Å². The lowest BCUT2D eigenvalue weighted by Crippen LogP contribution is -2.28. The molecule has 0 radical (unpaired) electrons. The summed E-state index contributed by atoms with van der Waals surface area (Å²) in [5, 5.41) is 0. The highest BCUT2D eigenvalue weighted by atomic mass is 16.8. The highest BCUT2D eigenvalue weighted by Gasteiger charge is 2.52. The summed E-state index contributed by atoms with van der Waals surface area (Å²) in [5.41, 5.74) is 0. The monoisotopic (exact) mass is 186 g/mol. The van der Waals surface area contributed by atoms with Crippen LogP contribution in [0, 0.1) is 5.92 Å². The zero-order chi connectivity index (χ0) is 9.64. The van der Waals surface area contributed by atoms with Crippen LogP contribution in [-0.4, -0.2) is 24.3 Å². The minimum absolute atomic E-state index is 0.125. The van der Waals surface area contributed by atoms with Gasteiger partial charge in [0, 0.05) is 5.92 Å². The van der Waals surface area contributed by atoms with Crippen LogP contribution >= 0.6 is 0 Å². The smallest absolute Gasteiger partial charge is 0.187 e. The molecule has 0 amide bonds.